The normalized spacial score (nSPS) is 20.9. The smallest absolute Gasteiger partial charge is 0.303 e. The van der Waals surface area contributed by atoms with E-state index >= 15 is 0 Å². The van der Waals surface area contributed by atoms with Crippen molar-refractivity contribution >= 4 is 17.3 Å². The lowest BCUT2D eigenvalue weighted by atomic mass is 10.0. The van der Waals surface area contributed by atoms with Crippen molar-refractivity contribution in [3.8, 4) is 0 Å². The third-order valence-corrected chi connectivity index (χ3v) is 4.48. The highest BCUT2D eigenvalue weighted by atomic mass is 32.1. The first-order chi connectivity index (χ1) is 8.15. The molecular weight excluding hydrogens is 234 g/mol. The summed E-state index contributed by atoms with van der Waals surface area (Å²) in [6, 6.07) is 2.16. The standard InChI is InChI=1S/C13H19NO2S/c1-10-5-7-17-12(10)9-14-6-4-11(8-14)2-3-13(15)16/h5,7,11H,2-4,6,8-9H2,1H3,(H,15,16). The monoisotopic (exact) mass is 253 g/mol. The molecule has 3 nitrogen and oxygen atoms in total. The lowest BCUT2D eigenvalue weighted by molar-refractivity contribution is -0.137. The Morgan fingerprint density at radius 1 is 1.65 bits per heavy atom. The molecule has 94 valence electrons. The van der Waals surface area contributed by atoms with Gasteiger partial charge in [-0.15, -0.1) is 11.3 Å². The van der Waals surface area contributed by atoms with Crippen LogP contribution in [-0.2, 0) is 11.3 Å². The molecule has 1 saturated heterocycles. The predicted molar refractivity (Wildman–Crippen MR) is 69.3 cm³/mol. The van der Waals surface area contributed by atoms with Gasteiger partial charge in [-0.25, -0.2) is 0 Å². The maximum atomic E-state index is 10.5. The van der Waals surface area contributed by atoms with Gasteiger partial charge < -0.3 is 5.11 Å². The van der Waals surface area contributed by atoms with Gasteiger partial charge in [-0.1, -0.05) is 0 Å². The second-order valence-corrected chi connectivity index (χ2v) is 5.85. The number of likely N-dealkylation sites (tertiary alicyclic amines) is 1. The van der Waals surface area contributed by atoms with Gasteiger partial charge in [-0.2, -0.15) is 0 Å². The quantitative estimate of drug-likeness (QED) is 0.877. The summed E-state index contributed by atoms with van der Waals surface area (Å²) in [6.45, 7) is 5.36. The molecule has 1 unspecified atom stereocenters. The molecule has 1 aliphatic heterocycles. The van der Waals surface area contributed by atoms with Gasteiger partial charge in [0, 0.05) is 24.4 Å². The average molecular weight is 253 g/mol. The topological polar surface area (TPSA) is 40.5 Å². The fourth-order valence-corrected chi connectivity index (χ4v) is 3.34. The number of hydrogen-bond donors (Lipinski definition) is 1. The average Bonchev–Trinajstić information content (AvgIpc) is 2.87. The van der Waals surface area contributed by atoms with E-state index in [0.29, 0.717) is 12.3 Å². The zero-order chi connectivity index (χ0) is 12.3. The highest BCUT2D eigenvalue weighted by Crippen LogP contribution is 2.25. The summed E-state index contributed by atoms with van der Waals surface area (Å²) in [5, 5.41) is 10.8. The highest BCUT2D eigenvalue weighted by Gasteiger charge is 2.23. The van der Waals surface area contributed by atoms with Gasteiger partial charge in [-0.3, -0.25) is 9.69 Å². The van der Waals surface area contributed by atoms with Gasteiger partial charge in [-0.05, 0) is 49.2 Å². The molecule has 0 amide bonds. The van der Waals surface area contributed by atoms with Crippen LogP contribution in [-0.4, -0.2) is 29.1 Å². The van der Waals surface area contributed by atoms with E-state index in [1.54, 1.807) is 0 Å². The molecule has 0 aliphatic carbocycles. The maximum absolute atomic E-state index is 10.5. The number of rotatable bonds is 5. The van der Waals surface area contributed by atoms with E-state index in [-0.39, 0.29) is 0 Å². The van der Waals surface area contributed by atoms with E-state index in [1.807, 2.05) is 11.3 Å². The van der Waals surface area contributed by atoms with Crippen LogP contribution in [0.2, 0.25) is 0 Å². The first kappa shape index (κ1) is 12.6. The molecule has 0 radical (unpaired) electrons. The Balaban J connectivity index is 1.78. The summed E-state index contributed by atoms with van der Waals surface area (Å²) in [6.07, 6.45) is 2.30. The number of carboxylic acid groups (broad SMARTS) is 1. The number of thiophene rings is 1. The Bertz CT molecular complexity index is 389. The maximum Gasteiger partial charge on any atom is 0.303 e. The van der Waals surface area contributed by atoms with E-state index in [1.165, 1.54) is 10.4 Å². The summed E-state index contributed by atoms with van der Waals surface area (Å²) in [5.41, 5.74) is 1.38. The van der Waals surface area contributed by atoms with Crippen molar-refractivity contribution in [1.29, 1.82) is 0 Å². The molecule has 1 fully saturated rings. The molecule has 0 spiro atoms. The molecular formula is C13H19NO2S. The number of carbonyl (C=O) groups is 1. The molecule has 1 aromatic rings. The molecule has 1 atom stereocenters. The fraction of sp³-hybridized carbons (Fsp3) is 0.615. The van der Waals surface area contributed by atoms with Crippen molar-refractivity contribution in [1.82, 2.24) is 4.90 Å². The Kier molecular flexibility index (Phi) is 4.18. The number of aliphatic carboxylic acids is 1. The molecule has 2 heterocycles. The fourth-order valence-electron chi connectivity index (χ4n) is 2.39. The van der Waals surface area contributed by atoms with E-state index in [0.717, 1.165) is 32.5 Å². The summed E-state index contributed by atoms with van der Waals surface area (Å²) < 4.78 is 0. The van der Waals surface area contributed by atoms with Crippen LogP contribution in [0.25, 0.3) is 0 Å². The highest BCUT2D eigenvalue weighted by molar-refractivity contribution is 7.10. The van der Waals surface area contributed by atoms with Crippen LogP contribution < -0.4 is 0 Å². The SMILES string of the molecule is Cc1ccsc1CN1CCC(CCC(=O)O)C1. The number of nitrogens with zero attached hydrogens (tertiary/aromatic N) is 1. The van der Waals surface area contributed by atoms with Crippen molar-refractivity contribution in [3.05, 3.63) is 21.9 Å². The summed E-state index contributed by atoms with van der Waals surface area (Å²) in [7, 11) is 0. The molecule has 17 heavy (non-hydrogen) atoms. The van der Waals surface area contributed by atoms with Crippen molar-refractivity contribution in [2.45, 2.75) is 32.7 Å². The van der Waals surface area contributed by atoms with E-state index in [9.17, 15) is 4.79 Å². The Morgan fingerprint density at radius 2 is 2.47 bits per heavy atom. The summed E-state index contributed by atoms with van der Waals surface area (Å²) in [5.74, 6) is -0.0936. The van der Waals surface area contributed by atoms with Crippen LogP contribution in [0.4, 0.5) is 0 Å². The number of hydrogen-bond acceptors (Lipinski definition) is 3. The predicted octanol–water partition coefficient (Wildman–Crippen LogP) is 2.74. The second kappa shape index (κ2) is 5.65. The van der Waals surface area contributed by atoms with Crippen LogP contribution in [0, 0.1) is 12.8 Å². The summed E-state index contributed by atoms with van der Waals surface area (Å²) >= 11 is 1.82. The van der Waals surface area contributed by atoms with E-state index < -0.39 is 5.97 Å². The van der Waals surface area contributed by atoms with Crippen molar-refractivity contribution < 1.29 is 9.90 Å². The molecule has 2 rings (SSSR count). The number of carboxylic acids is 1. The van der Waals surface area contributed by atoms with Gasteiger partial charge in [0.05, 0.1) is 0 Å². The van der Waals surface area contributed by atoms with Gasteiger partial charge >= 0.3 is 5.97 Å². The van der Waals surface area contributed by atoms with E-state index in [2.05, 4.69) is 23.3 Å². The third-order valence-electron chi connectivity index (χ3n) is 3.47. The molecule has 0 aromatic carbocycles. The van der Waals surface area contributed by atoms with Gasteiger partial charge in [0.15, 0.2) is 0 Å². The van der Waals surface area contributed by atoms with Crippen molar-refractivity contribution in [2.75, 3.05) is 13.1 Å². The van der Waals surface area contributed by atoms with Crippen molar-refractivity contribution in [3.63, 3.8) is 0 Å². The molecule has 0 bridgehead atoms. The molecule has 1 aliphatic rings. The second-order valence-electron chi connectivity index (χ2n) is 4.85. The van der Waals surface area contributed by atoms with Gasteiger partial charge in [0.2, 0.25) is 0 Å². The summed E-state index contributed by atoms with van der Waals surface area (Å²) in [4.78, 5) is 14.4. The first-order valence-electron chi connectivity index (χ1n) is 6.12. The lowest BCUT2D eigenvalue weighted by Gasteiger charge is -2.15. The van der Waals surface area contributed by atoms with E-state index in [4.69, 9.17) is 5.11 Å². The minimum atomic E-state index is -0.669. The lowest BCUT2D eigenvalue weighted by Crippen LogP contribution is -2.20. The Morgan fingerprint density at radius 3 is 3.12 bits per heavy atom. The number of aryl methyl sites for hydroxylation is 1. The zero-order valence-corrected chi connectivity index (χ0v) is 11.0. The van der Waals surface area contributed by atoms with Crippen LogP contribution in [0.1, 0.15) is 29.7 Å². The molecule has 1 N–H and O–H groups in total. The Hall–Kier alpha value is -0.870. The molecule has 4 heteroatoms. The van der Waals surface area contributed by atoms with Gasteiger partial charge in [0.25, 0.3) is 0 Å². The minimum Gasteiger partial charge on any atom is -0.481 e. The molecule has 1 aromatic heterocycles. The van der Waals surface area contributed by atoms with Crippen LogP contribution in [0.3, 0.4) is 0 Å². The largest absolute Gasteiger partial charge is 0.481 e. The first-order valence-corrected chi connectivity index (χ1v) is 7.00. The third kappa shape index (κ3) is 3.54. The van der Waals surface area contributed by atoms with Gasteiger partial charge in [0.1, 0.15) is 0 Å². The van der Waals surface area contributed by atoms with Crippen molar-refractivity contribution in [2.24, 2.45) is 5.92 Å². The minimum absolute atomic E-state index is 0.316. The van der Waals surface area contributed by atoms with Crippen LogP contribution in [0.15, 0.2) is 11.4 Å². The molecule has 0 saturated carbocycles. The Labute approximate surface area is 106 Å². The van der Waals surface area contributed by atoms with Crippen LogP contribution >= 0.6 is 11.3 Å². The zero-order valence-electron chi connectivity index (χ0n) is 10.2. The van der Waals surface area contributed by atoms with Crippen LogP contribution in [0.5, 0.6) is 0 Å².